The van der Waals surface area contributed by atoms with Crippen LogP contribution in [0.2, 0.25) is 0 Å². The van der Waals surface area contributed by atoms with Crippen molar-refractivity contribution in [3.63, 3.8) is 0 Å². The molecule has 0 saturated heterocycles. The maximum Gasteiger partial charge on any atom is 0.241 e. The van der Waals surface area contributed by atoms with E-state index in [-0.39, 0.29) is 12.6 Å². The van der Waals surface area contributed by atoms with E-state index < -0.39 is 10.0 Å². The summed E-state index contributed by atoms with van der Waals surface area (Å²) in [5, 5.41) is 3.30. The summed E-state index contributed by atoms with van der Waals surface area (Å²) in [5.41, 5.74) is 0. The second-order valence-corrected chi connectivity index (χ2v) is 8.36. The quantitative estimate of drug-likeness (QED) is 0.727. The number of nitrogens with one attached hydrogen (secondary N) is 2. The van der Waals surface area contributed by atoms with E-state index in [0.29, 0.717) is 24.1 Å². The Kier molecular flexibility index (Phi) is 7.29. The highest BCUT2D eigenvalue weighted by Gasteiger charge is 2.20. The van der Waals surface area contributed by atoms with Crippen molar-refractivity contribution in [3.05, 3.63) is 15.8 Å². The highest BCUT2D eigenvalue weighted by atomic mass is 32.2. The van der Waals surface area contributed by atoms with Gasteiger partial charge < -0.3 is 10.1 Å². The van der Waals surface area contributed by atoms with Crippen LogP contribution in [0.3, 0.4) is 0 Å². The van der Waals surface area contributed by atoms with Crippen LogP contribution in [0.1, 0.15) is 37.4 Å². The maximum atomic E-state index is 12.3. The monoisotopic (exact) mass is 334 g/mol. The number of thiophene rings is 1. The summed E-state index contributed by atoms with van der Waals surface area (Å²) >= 11 is 1.51. The Labute approximate surface area is 132 Å². The molecular formula is C14H26N2O3S2. The number of rotatable bonds is 9. The van der Waals surface area contributed by atoms with Crippen molar-refractivity contribution >= 4 is 21.4 Å². The van der Waals surface area contributed by atoms with Gasteiger partial charge in [-0.15, -0.1) is 11.3 Å². The molecule has 0 amide bonds. The second-order valence-electron chi connectivity index (χ2n) is 5.29. The lowest BCUT2D eigenvalue weighted by molar-refractivity contribution is 0.0799. The minimum Gasteiger partial charge on any atom is -0.377 e. The van der Waals surface area contributed by atoms with Gasteiger partial charge in [0.2, 0.25) is 10.0 Å². The molecule has 0 aliphatic heterocycles. The van der Waals surface area contributed by atoms with Crippen LogP contribution in [0.5, 0.6) is 0 Å². The fraction of sp³-hybridized carbons (Fsp3) is 0.714. The average molecular weight is 335 g/mol. The molecule has 1 atom stereocenters. The summed E-state index contributed by atoms with van der Waals surface area (Å²) in [6, 6.07) is 2.13. The van der Waals surface area contributed by atoms with Crippen LogP contribution in [-0.2, 0) is 21.3 Å². The average Bonchev–Trinajstić information content (AvgIpc) is 2.77. The molecule has 2 N–H and O–H groups in total. The third kappa shape index (κ3) is 6.04. The zero-order valence-corrected chi connectivity index (χ0v) is 15.0. The summed E-state index contributed by atoms with van der Waals surface area (Å²) in [4.78, 5) is 2.21. The van der Waals surface area contributed by atoms with Gasteiger partial charge in [0.15, 0.2) is 0 Å². The molecule has 0 spiro atoms. The zero-order chi connectivity index (χ0) is 16.0. The second kappa shape index (κ2) is 8.24. The number of hydrogen-bond acceptors (Lipinski definition) is 5. The van der Waals surface area contributed by atoms with Crippen molar-refractivity contribution in [1.29, 1.82) is 0 Å². The molecule has 1 aromatic heterocycles. The van der Waals surface area contributed by atoms with E-state index in [1.54, 1.807) is 6.07 Å². The highest BCUT2D eigenvalue weighted by Crippen LogP contribution is 2.25. The molecule has 122 valence electrons. The first-order chi connectivity index (χ1) is 9.76. The molecule has 0 aliphatic carbocycles. The molecule has 0 aromatic carbocycles. The lowest BCUT2D eigenvalue weighted by Crippen LogP contribution is -2.32. The normalized spacial score (nSPS) is 13.8. The van der Waals surface area contributed by atoms with Crippen LogP contribution in [0.4, 0.5) is 0 Å². The maximum absolute atomic E-state index is 12.3. The standard InChI is InChI=1S/C14H26N2O3S2/c1-6-19-11(4)8-16-21(17,18)14-7-13(20-12(14)5)9-15-10(2)3/h7,10-11,15-16H,6,8-9H2,1-5H3. The van der Waals surface area contributed by atoms with E-state index in [2.05, 4.69) is 23.9 Å². The number of aryl methyl sites for hydroxylation is 1. The van der Waals surface area contributed by atoms with Gasteiger partial charge in [-0.1, -0.05) is 13.8 Å². The van der Waals surface area contributed by atoms with Crippen LogP contribution in [0.25, 0.3) is 0 Å². The third-order valence-electron chi connectivity index (χ3n) is 2.91. The Hall–Kier alpha value is -0.470. The molecule has 0 bridgehead atoms. The van der Waals surface area contributed by atoms with Gasteiger partial charge in [0.1, 0.15) is 0 Å². The van der Waals surface area contributed by atoms with Gasteiger partial charge in [-0.3, -0.25) is 0 Å². The van der Waals surface area contributed by atoms with E-state index in [1.165, 1.54) is 11.3 Å². The smallest absolute Gasteiger partial charge is 0.241 e. The molecule has 0 radical (unpaired) electrons. The number of ether oxygens (including phenoxy) is 1. The zero-order valence-electron chi connectivity index (χ0n) is 13.4. The largest absolute Gasteiger partial charge is 0.377 e. The molecule has 0 aliphatic rings. The van der Waals surface area contributed by atoms with Gasteiger partial charge in [-0.2, -0.15) is 0 Å². The molecule has 5 nitrogen and oxygen atoms in total. The SMILES string of the molecule is CCOC(C)CNS(=O)(=O)c1cc(CNC(C)C)sc1C. The van der Waals surface area contributed by atoms with Gasteiger partial charge in [0.05, 0.1) is 11.0 Å². The molecule has 1 aromatic rings. The topological polar surface area (TPSA) is 67.4 Å². The van der Waals surface area contributed by atoms with E-state index in [9.17, 15) is 8.42 Å². The Morgan fingerprint density at radius 3 is 2.57 bits per heavy atom. The summed E-state index contributed by atoms with van der Waals surface area (Å²) in [5.74, 6) is 0. The molecule has 1 rings (SSSR count). The summed E-state index contributed by atoms with van der Waals surface area (Å²) in [6.45, 7) is 11.3. The molecule has 1 heterocycles. The number of sulfonamides is 1. The van der Waals surface area contributed by atoms with E-state index >= 15 is 0 Å². The minimum absolute atomic E-state index is 0.134. The van der Waals surface area contributed by atoms with Crippen LogP contribution >= 0.6 is 11.3 Å². The summed E-state index contributed by atoms with van der Waals surface area (Å²) < 4.78 is 32.6. The van der Waals surface area contributed by atoms with Crippen molar-refractivity contribution in [1.82, 2.24) is 10.0 Å². The van der Waals surface area contributed by atoms with Crippen LogP contribution in [0, 0.1) is 6.92 Å². The van der Waals surface area contributed by atoms with E-state index in [1.807, 2.05) is 20.8 Å². The fourth-order valence-electron chi connectivity index (χ4n) is 1.83. The van der Waals surface area contributed by atoms with Crippen molar-refractivity contribution in [2.45, 2.75) is 58.2 Å². The van der Waals surface area contributed by atoms with Gasteiger partial charge in [0, 0.05) is 35.5 Å². The van der Waals surface area contributed by atoms with Crippen molar-refractivity contribution < 1.29 is 13.2 Å². The number of hydrogen-bond donors (Lipinski definition) is 2. The Morgan fingerprint density at radius 2 is 2.00 bits per heavy atom. The highest BCUT2D eigenvalue weighted by molar-refractivity contribution is 7.89. The minimum atomic E-state index is -3.47. The third-order valence-corrected chi connectivity index (χ3v) is 5.64. The lowest BCUT2D eigenvalue weighted by Gasteiger charge is -2.12. The van der Waals surface area contributed by atoms with Crippen LogP contribution in [-0.4, -0.2) is 33.7 Å². The molecule has 1 unspecified atom stereocenters. The van der Waals surface area contributed by atoms with E-state index in [4.69, 9.17) is 4.74 Å². The Morgan fingerprint density at radius 1 is 1.33 bits per heavy atom. The molecule has 7 heteroatoms. The molecular weight excluding hydrogens is 308 g/mol. The Balaban J connectivity index is 2.74. The molecule has 0 fully saturated rings. The first-order valence-corrected chi connectivity index (χ1v) is 9.50. The fourth-order valence-corrected chi connectivity index (χ4v) is 4.53. The first-order valence-electron chi connectivity index (χ1n) is 7.20. The lowest BCUT2D eigenvalue weighted by atomic mass is 10.3. The van der Waals surface area contributed by atoms with Gasteiger partial charge >= 0.3 is 0 Å². The van der Waals surface area contributed by atoms with Crippen molar-refractivity contribution in [2.24, 2.45) is 0 Å². The van der Waals surface area contributed by atoms with Gasteiger partial charge in [0.25, 0.3) is 0 Å². The summed E-state index contributed by atoms with van der Waals surface area (Å²) in [6.07, 6.45) is -0.134. The predicted molar refractivity (Wildman–Crippen MR) is 87.3 cm³/mol. The van der Waals surface area contributed by atoms with Crippen LogP contribution < -0.4 is 10.0 Å². The predicted octanol–water partition coefficient (Wildman–Crippen LogP) is 2.26. The van der Waals surface area contributed by atoms with Crippen molar-refractivity contribution in [3.8, 4) is 0 Å². The summed E-state index contributed by atoms with van der Waals surface area (Å²) in [7, 11) is -3.47. The van der Waals surface area contributed by atoms with Gasteiger partial charge in [-0.25, -0.2) is 13.1 Å². The molecule has 21 heavy (non-hydrogen) atoms. The first kappa shape index (κ1) is 18.6. The van der Waals surface area contributed by atoms with Crippen LogP contribution in [0.15, 0.2) is 11.0 Å². The van der Waals surface area contributed by atoms with Gasteiger partial charge in [-0.05, 0) is 26.8 Å². The Bertz CT molecular complexity index is 538. The van der Waals surface area contributed by atoms with Crippen molar-refractivity contribution in [2.75, 3.05) is 13.2 Å². The van der Waals surface area contributed by atoms with E-state index in [0.717, 1.165) is 9.75 Å². The molecule has 0 saturated carbocycles.